The van der Waals surface area contributed by atoms with E-state index in [1.807, 2.05) is 12.1 Å². The van der Waals surface area contributed by atoms with E-state index in [2.05, 4.69) is 4.72 Å². The number of para-hydroxylation sites is 1. The van der Waals surface area contributed by atoms with Gasteiger partial charge in [0.25, 0.3) is 10.0 Å². The molecule has 0 aromatic heterocycles. The zero-order valence-electron chi connectivity index (χ0n) is 10.5. The van der Waals surface area contributed by atoms with Crippen molar-refractivity contribution < 1.29 is 8.42 Å². The minimum Gasteiger partial charge on any atom is -0.278 e. The van der Waals surface area contributed by atoms with Crippen molar-refractivity contribution in [3.8, 4) is 12.1 Å². The first-order chi connectivity index (χ1) is 9.97. The summed E-state index contributed by atoms with van der Waals surface area (Å²) in [6.45, 7) is 0. The molecule has 0 spiro atoms. The van der Waals surface area contributed by atoms with Crippen LogP contribution in [-0.2, 0) is 10.0 Å². The number of rotatable bonds is 3. The molecule has 0 aliphatic carbocycles. The van der Waals surface area contributed by atoms with Crippen LogP contribution in [0.5, 0.6) is 0 Å². The SMILES string of the molecule is N#Cc1ccc(S(=O)(=O)Nc2ccccc2C#N)cc1Cl. The predicted molar refractivity (Wildman–Crippen MR) is 78.1 cm³/mol. The number of nitriles is 2. The van der Waals surface area contributed by atoms with Gasteiger partial charge in [-0.25, -0.2) is 8.42 Å². The van der Waals surface area contributed by atoms with Gasteiger partial charge in [-0.1, -0.05) is 23.7 Å². The summed E-state index contributed by atoms with van der Waals surface area (Å²) in [6.07, 6.45) is 0. The molecule has 7 heteroatoms. The molecule has 0 saturated heterocycles. The number of sulfonamides is 1. The first-order valence-electron chi connectivity index (χ1n) is 5.69. The molecule has 21 heavy (non-hydrogen) atoms. The first-order valence-corrected chi connectivity index (χ1v) is 7.55. The molecule has 0 aliphatic heterocycles. The Morgan fingerprint density at radius 1 is 1.00 bits per heavy atom. The van der Waals surface area contributed by atoms with Gasteiger partial charge in [0.1, 0.15) is 12.1 Å². The highest BCUT2D eigenvalue weighted by Crippen LogP contribution is 2.23. The first kappa shape index (κ1) is 14.9. The Morgan fingerprint density at radius 3 is 2.29 bits per heavy atom. The molecule has 0 heterocycles. The van der Waals surface area contributed by atoms with Gasteiger partial charge in [-0.05, 0) is 30.3 Å². The largest absolute Gasteiger partial charge is 0.278 e. The van der Waals surface area contributed by atoms with Gasteiger partial charge in [-0.15, -0.1) is 0 Å². The van der Waals surface area contributed by atoms with Crippen LogP contribution in [0.15, 0.2) is 47.4 Å². The second-order valence-corrected chi connectivity index (χ2v) is 6.11. The summed E-state index contributed by atoms with van der Waals surface area (Å²) >= 11 is 5.83. The number of benzene rings is 2. The maximum atomic E-state index is 12.3. The van der Waals surface area contributed by atoms with Crippen molar-refractivity contribution in [2.75, 3.05) is 4.72 Å². The molecule has 0 atom stereocenters. The number of anilines is 1. The van der Waals surface area contributed by atoms with E-state index >= 15 is 0 Å². The van der Waals surface area contributed by atoms with Crippen molar-refractivity contribution in [2.45, 2.75) is 4.90 Å². The number of halogens is 1. The van der Waals surface area contributed by atoms with Gasteiger partial charge in [-0.3, -0.25) is 4.72 Å². The average molecular weight is 318 g/mol. The zero-order chi connectivity index (χ0) is 15.5. The zero-order valence-corrected chi connectivity index (χ0v) is 12.1. The quantitative estimate of drug-likeness (QED) is 0.941. The maximum Gasteiger partial charge on any atom is 0.261 e. The van der Waals surface area contributed by atoms with Crippen molar-refractivity contribution in [2.24, 2.45) is 0 Å². The van der Waals surface area contributed by atoms with Gasteiger partial charge < -0.3 is 0 Å². The van der Waals surface area contributed by atoms with E-state index in [-0.39, 0.29) is 26.7 Å². The van der Waals surface area contributed by atoms with E-state index in [1.54, 1.807) is 12.1 Å². The predicted octanol–water partition coefficient (Wildman–Crippen LogP) is 2.88. The third-order valence-corrected chi connectivity index (χ3v) is 4.34. The summed E-state index contributed by atoms with van der Waals surface area (Å²) in [6, 6.07) is 13.8. The van der Waals surface area contributed by atoms with Crippen molar-refractivity contribution in [3.63, 3.8) is 0 Å². The lowest BCUT2D eigenvalue weighted by Crippen LogP contribution is -2.13. The molecule has 0 aliphatic rings. The highest BCUT2D eigenvalue weighted by atomic mass is 35.5. The van der Waals surface area contributed by atoms with E-state index in [0.29, 0.717) is 0 Å². The fourth-order valence-electron chi connectivity index (χ4n) is 1.63. The Hall–Kier alpha value is -2.54. The van der Waals surface area contributed by atoms with Gasteiger partial charge in [0, 0.05) is 0 Å². The standard InChI is InChI=1S/C14H8ClN3O2S/c15-13-7-12(6-5-10(13)8-16)21(19,20)18-14-4-2-1-3-11(14)9-17/h1-7,18H. The summed E-state index contributed by atoms with van der Waals surface area (Å²) in [5.74, 6) is 0. The van der Waals surface area contributed by atoms with E-state index in [0.717, 1.165) is 0 Å². The van der Waals surface area contributed by atoms with E-state index in [1.165, 1.54) is 30.3 Å². The van der Waals surface area contributed by atoms with Gasteiger partial charge in [0.2, 0.25) is 0 Å². The molecule has 0 amide bonds. The Bertz CT molecular complexity index is 880. The lowest BCUT2D eigenvalue weighted by atomic mass is 10.2. The van der Waals surface area contributed by atoms with Gasteiger partial charge in [0.05, 0.1) is 26.7 Å². The van der Waals surface area contributed by atoms with E-state index in [4.69, 9.17) is 22.1 Å². The number of nitrogens with one attached hydrogen (secondary N) is 1. The monoisotopic (exact) mass is 317 g/mol. The number of nitrogens with zero attached hydrogens (tertiary/aromatic N) is 2. The van der Waals surface area contributed by atoms with Crippen LogP contribution in [0, 0.1) is 22.7 Å². The molecule has 0 bridgehead atoms. The molecule has 2 rings (SSSR count). The Morgan fingerprint density at radius 2 is 1.67 bits per heavy atom. The highest BCUT2D eigenvalue weighted by Gasteiger charge is 2.17. The van der Waals surface area contributed by atoms with Crippen LogP contribution < -0.4 is 4.72 Å². The second-order valence-electron chi connectivity index (χ2n) is 4.02. The van der Waals surface area contributed by atoms with Crippen LogP contribution >= 0.6 is 11.6 Å². The Kier molecular flexibility index (Phi) is 4.13. The fourth-order valence-corrected chi connectivity index (χ4v) is 3.02. The van der Waals surface area contributed by atoms with Crippen LogP contribution in [0.4, 0.5) is 5.69 Å². The number of hydrogen-bond acceptors (Lipinski definition) is 4. The maximum absolute atomic E-state index is 12.3. The van der Waals surface area contributed by atoms with Crippen LogP contribution in [-0.4, -0.2) is 8.42 Å². The van der Waals surface area contributed by atoms with Crippen molar-refractivity contribution >= 4 is 27.3 Å². The molecular weight excluding hydrogens is 310 g/mol. The molecule has 0 unspecified atom stereocenters. The number of hydrogen-bond donors (Lipinski definition) is 1. The minimum atomic E-state index is -3.89. The molecule has 2 aromatic carbocycles. The van der Waals surface area contributed by atoms with Gasteiger partial charge in [0.15, 0.2) is 0 Å². The van der Waals surface area contributed by atoms with Crippen LogP contribution in [0.2, 0.25) is 5.02 Å². The third-order valence-electron chi connectivity index (χ3n) is 2.66. The minimum absolute atomic E-state index is 0.0499. The van der Waals surface area contributed by atoms with Gasteiger partial charge in [-0.2, -0.15) is 10.5 Å². The molecule has 2 aromatic rings. The van der Waals surface area contributed by atoms with Crippen LogP contribution in [0.3, 0.4) is 0 Å². The normalized spacial score (nSPS) is 10.4. The molecule has 0 fully saturated rings. The van der Waals surface area contributed by atoms with E-state index in [9.17, 15) is 8.42 Å². The molecule has 104 valence electrons. The van der Waals surface area contributed by atoms with E-state index < -0.39 is 10.0 Å². The topological polar surface area (TPSA) is 93.8 Å². The van der Waals surface area contributed by atoms with Crippen molar-refractivity contribution in [3.05, 3.63) is 58.6 Å². The molecule has 0 radical (unpaired) electrons. The lowest BCUT2D eigenvalue weighted by Gasteiger charge is -2.09. The Labute approximate surface area is 127 Å². The van der Waals surface area contributed by atoms with Crippen LogP contribution in [0.1, 0.15) is 11.1 Å². The third kappa shape index (κ3) is 3.14. The summed E-state index contributed by atoms with van der Waals surface area (Å²) in [4.78, 5) is -0.0840. The Balaban J connectivity index is 2.42. The fraction of sp³-hybridized carbons (Fsp3) is 0. The highest BCUT2D eigenvalue weighted by molar-refractivity contribution is 7.92. The molecule has 0 saturated carbocycles. The second kappa shape index (κ2) is 5.84. The van der Waals surface area contributed by atoms with Crippen LogP contribution in [0.25, 0.3) is 0 Å². The van der Waals surface area contributed by atoms with Crippen molar-refractivity contribution in [1.29, 1.82) is 10.5 Å². The molecule has 1 N–H and O–H groups in total. The van der Waals surface area contributed by atoms with Gasteiger partial charge >= 0.3 is 0 Å². The van der Waals surface area contributed by atoms with Crippen molar-refractivity contribution in [1.82, 2.24) is 0 Å². The lowest BCUT2D eigenvalue weighted by molar-refractivity contribution is 0.601. The molecule has 5 nitrogen and oxygen atoms in total. The summed E-state index contributed by atoms with van der Waals surface area (Å²) in [5, 5.41) is 17.8. The molecular formula is C14H8ClN3O2S. The summed E-state index contributed by atoms with van der Waals surface area (Å²) in [5.41, 5.74) is 0.578. The average Bonchev–Trinajstić information content (AvgIpc) is 2.47. The summed E-state index contributed by atoms with van der Waals surface area (Å²) in [7, 11) is -3.89. The summed E-state index contributed by atoms with van der Waals surface area (Å²) < 4.78 is 26.8. The smallest absolute Gasteiger partial charge is 0.261 e.